The molecule has 19 heavy (non-hydrogen) atoms. The van der Waals surface area contributed by atoms with Crippen molar-refractivity contribution in [1.29, 1.82) is 0 Å². The molecule has 106 valence electrons. The number of alkyl halides is 3. The highest BCUT2D eigenvalue weighted by atomic mass is 35.7. The summed E-state index contributed by atoms with van der Waals surface area (Å²) in [6, 6.07) is 0.879. The number of hydrogen-bond acceptors (Lipinski definition) is 3. The van der Waals surface area contributed by atoms with Gasteiger partial charge in [0.25, 0.3) is 15.0 Å². The Bertz CT molecular complexity index is 619. The normalized spacial score (nSPS) is 18.1. The molecule has 0 saturated heterocycles. The number of carbonyl (C=O) groups is 1. The average Bonchev–Trinajstić information content (AvgIpc) is 2.85. The molecule has 2 N–H and O–H groups in total. The number of hydrogen-bond donors (Lipinski definition) is 2. The van der Waals surface area contributed by atoms with E-state index in [1.54, 1.807) is 0 Å². The second-order valence-corrected chi connectivity index (χ2v) is 6.79. The van der Waals surface area contributed by atoms with E-state index in [1.165, 1.54) is 0 Å². The van der Waals surface area contributed by atoms with Crippen molar-refractivity contribution in [2.75, 3.05) is 0 Å². The third kappa shape index (κ3) is 2.71. The maximum atomic E-state index is 12.6. The molecule has 2 rings (SSSR count). The van der Waals surface area contributed by atoms with E-state index < -0.39 is 26.7 Å². The first-order valence-corrected chi connectivity index (χ1v) is 7.38. The number of amides is 1. The van der Waals surface area contributed by atoms with Gasteiger partial charge in [0.05, 0.1) is 0 Å². The molecule has 1 saturated carbocycles. The van der Waals surface area contributed by atoms with Crippen LogP contribution in [0.2, 0.25) is 0 Å². The summed E-state index contributed by atoms with van der Waals surface area (Å²) >= 11 is 0. The first-order chi connectivity index (χ1) is 8.55. The van der Waals surface area contributed by atoms with Crippen LogP contribution in [0, 0.1) is 0 Å². The molecular formula is C9H8ClF3N2O3S. The molecule has 0 bridgehead atoms. The lowest BCUT2D eigenvalue weighted by molar-refractivity contribution is -0.163. The number of halogens is 4. The van der Waals surface area contributed by atoms with Gasteiger partial charge in [-0.1, -0.05) is 0 Å². The van der Waals surface area contributed by atoms with Gasteiger partial charge in [-0.3, -0.25) is 4.79 Å². The zero-order valence-corrected chi connectivity index (χ0v) is 10.8. The van der Waals surface area contributed by atoms with E-state index in [-0.39, 0.29) is 23.4 Å². The number of carbonyl (C=O) groups excluding carboxylic acids is 1. The van der Waals surface area contributed by atoms with E-state index in [9.17, 15) is 26.4 Å². The van der Waals surface area contributed by atoms with Crippen LogP contribution in [0.1, 0.15) is 23.3 Å². The first kappa shape index (κ1) is 14.2. The molecule has 1 fully saturated rings. The van der Waals surface area contributed by atoms with Crippen LogP contribution < -0.4 is 5.32 Å². The number of aromatic nitrogens is 1. The van der Waals surface area contributed by atoms with Crippen molar-refractivity contribution >= 4 is 25.6 Å². The van der Waals surface area contributed by atoms with Gasteiger partial charge in [-0.15, -0.1) is 0 Å². The lowest BCUT2D eigenvalue weighted by Gasteiger charge is -2.20. The Morgan fingerprint density at radius 2 is 2.00 bits per heavy atom. The van der Waals surface area contributed by atoms with Gasteiger partial charge in [0.2, 0.25) is 0 Å². The molecule has 10 heteroatoms. The summed E-state index contributed by atoms with van der Waals surface area (Å²) in [5.74, 6) is -1.03. The van der Waals surface area contributed by atoms with Gasteiger partial charge in [0, 0.05) is 16.9 Å². The molecule has 1 aromatic heterocycles. The molecule has 0 atom stereocenters. The summed E-state index contributed by atoms with van der Waals surface area (Å²) in [5.41, 5.74) is -2.50. The smallest absolute Gasteiger partial charge is 0.356 e. The van der Waals surface area contributed by atoms with E-state index in [2.05, 4.69) is 4.98 Å². The van der Waals surface area contributed by atoms with Gasteiger partial charge in [0.1, 0.15) is 16.1 Å². The van der Waals surface area contributed by atoms with E-state index in [1.807, 2.05) is 5.32 Å². The van der Waals surface area contributed by atoms with Crippen molar-refractivity contribution in [3.8, 4) is 0 Å². The Labute approximate surface area is 110 Å². The molecule has 1 aliphatic rings. The van der Waals surface area contributed by atoms with Gasteiger partial charge in [-0.2, -0.15) is 13.2 Å². The minimum absolute atomic E-state index is 0.191. The molecule has 5 nitrogen and oxygen atoms in total. The summed E-state index contributed by atoms with van der Waals surface area (Å²) < 4.78 is 59.8. The van der Waals surface area contributed by atoms with E-state index in [0.29, 0.717) is 0 Å². The molecular weight excluding hydrogens is 309 g/mol. The summed E-state index contributed by atoms with van der Waals surface area (Å²) in [7, 11) is 1.00. The lowest BCUT2D eigenvalue weighted by atomic mass is 10.2. The highest BCUT2D eigenvalue weighted by molar-refractivity contribution is 8.13. The standard InChI is InChI=1S/C9H8ClF3N2O3S/c10-19(17,18)5-3-6(14-4-5)7(16)15-8(1-2-8)9(11,12)13/h3-4,14H,1-2H2,(H,15,16). The van der Waals surface area contributed by atoms with Crippen molar-refractivity contribution in [2.45, 2.75) is 29.5 Å². The van der Waals surface area contributed by atoms with Crippen LogP contribution in [0.3, 0.4) is 0 Å². The van der Waals surface area contributed by atoms with Gasteiger partial charge in [0.15, 0.2) is 0 Å². The van der Waals surface area contributed by atoms with Crippen molar-refractivity contribution < 1.29 is 26.4 Å². The molecule has 0 aliphatic heterocycles. The quantitative estimate of drug-likeness (QED) is 0.834. The molecule has 0 spiro atoms. The lowest BCUT2D eigenvalue weighted by Crippen LogP contribution is -2.47. The van der Waals surface area contributed by atoms with Gasteiger partial charge >= 0.3 is 6.18 Å². The van der Waals surface area contributed by atoms with Crippen LogP contribution >= 0.6 is 10.7 Å². The zero-order valence-electron chi connectivity index (χ0n) is 9.21. The van der Waals surface area contributed by atoms with E-state index in [4.69, 9.17) is 10.7 Å². The molecule has 1 heterocycles. The van der Waals surface area contributed by atoms with Crippen molar-refractivity contribution in [1.82, 2.24) is 10.3 Å². The van der Waals surface area contributed by atoms with Crippen LogP contribution in [-0.2, 0) is 9.05 Å². The highest BCUT2D eigenvalue weighted by Gasteiger charge is 2.64. The molecule has 0 radical (unpaired) electrons. The average molecular weight is 317 g/mol. The zero-order chi connectivity index (χ0) is 14.5. The molecule has 1 aliphatic carbocycles. The fourth-order valence-electron chi connectivity index (χ4n) is 1.54. The largest absolute Gasteiger partial charge is 0.411 e. The summed E-state index contributed by atoms with van der Waals surface area (Å²) in [4.78, 5) is 13.5. The monoisotopic (exact) mass is 316 g/mol. The van der Waals surface area contributed by atoms with Crippen LogP contribution in [0.4, 0.5) is 13.2 Å². The maximum absolute atomic E-state index is 12.6. The number of aromatic amines is 1. The van der Waals surface area contributed by atoms with E-state index >= 15 is 0 Å². The highest BCUT2D eigenvalue weighted by Crippen LogP contribution is 2.49. The van der Waals surface area contributed by atoms with Crippen LogP contribution in [0.5, 0.6) is 0 Å². The molecule has 1 aromatic rings. The first-order valence-electron chi connectivity index (χ1n) is 5.07. The second kappa shape index (κ2) is 4.14. The Morgan fingerprint density at radius 1 is 1.42 bits per heavy atom. The van der Waals surface area contributed by atoms with E-state index in [0.717, 1.165) is 12.3 Å². The van der Waals surface area contributed by atoms with Crippen molar-refractivity contribution in [3.05, 3.63) is 18.0 Å². The van der Waals surface area contributed by atoms with Gasteiger partial charge < -0.3 is 10.3 Å². The predicted molar refractivity (Wildman–Crippen MR) is 59.3 cm³/mol. The van der Waals surface area contributed by atoms with Crippen LogP contribution in [0.25, 0.3) is 0 Å². The fourth-order valence-corrected chi connectivity index (χ4v) is 2.26. The third-order valence-corrected chi connectivity index (χ3v) is 4.16. The van der Waals surface area contributed by atoms with Gasteiger partial charge in [-0.05, 0) is 18.9 Å². The molecule has 1 amide bonds. The van der Waals surface area contributed by atoms with Gasteiger partial charge in [-0.25, -0.2) is 8.42 Å². The summed E-state index contributed by atoms with van der Waals surface area (Å²) in [5, 5.41) is 1.86. The SMILES string of the molecule is O=C(NC1(C(F)(F)F)CC1)c1cc(S(=O)(=O)Cl)c[nH]1. The summed E-state index contributed by atoms with van der Waals surface area (Å²) in [6.45, 7) is 0. The Kier molecular flexibility index (Phi) is 3.09. The minimum atomic E-state index is -4.53. The number of H-pyrrole nitrogens is 1. The maximum Gasteiger partial charge on any atom is 0.411 e. The Balaban J connectivity index is 2.16. The Hall–Kier alpha value is -1.22. The fraction of sp³-hybridized carbons (Fsp3) is 0.444. The Morgan fingerprint density at radius 3 is 2.37 bits per heavy atom. The van der Waals surface area contributed by atoms with Crippen molar-refractivity contribution in [2.24, 2.45) is 0 Å². The molecule has 0 aromatic carbocycles. The van der Waals surface area contributed by atoms with Crippen molar-refractivity contribution in [3.63, 3.8) is 0 Å². The second-order valence-electron chi connectivity index (χ2n) is 4.22. The summed E-state index contributed by atoms with van der Waals surface area (Å²) in [6.07, 6.45) is -3.98. The third-order valence-electron chi connectivity index (χ3n) is 2.83. The van der Waals surface area contributed by atoms with Crippen LogP contribution in [0.15, 0.2) is 17.2 Å². The number of nitrogens with one attached hydrogen (secondary N) is 2. The molecule has 0 unspecified atom stereocenters. The predicted octanol–water partition coefficient (Wildman–Crippen LogP) is 1.77. The minimum Gasteiger partial charge on any atom is -0.356 e. The topological polar surface area (TPSA) is 79.0 Å². The van der Waals surface area contributed by atoms with Crippen LogP contribution in [-0.4, -0.2) is 31.0 Å². The number of rotatable bonds is 3.